The van der Waals surface area contributed by atoms with Gasteiger partial charge in [-0.25, -0.2) is 4.98 Å². The van der Waals surface area contributed by atoms with Crippen LogP contribution in [0.25, 0.3) is 21.1 Å². The number of thiophene rings is 1. The molecule has 0 spiro atoms. The fourth-order valence-corrected chi connectivity index (χ4v) is 4.80. The summed E-state index contributed by atoms with van der Waals surface area (Å²) in [6.45, 7) is -0.0370. The minimum Gasteiger partial charge on any atom is -0.479 e. The summed E-state index contributed by atoms with van der Waals surface area (Å²) < 4.78 is 5.30. The van der Waals surface area contributed by atoms with Crippen molar-refractivity contribution in [3.63, 3.8) is 0 Å². The summed E-state index contributed by atoms with van der Waals surface area (Å²) in [7, 11) is 0. The van der Waals surface area contributed by atoms with E-state index in [2.05, 4.69) is 5.32 Å². The lowest BCUT2D eigenvalue weighted by molar-refractivity contribution is -0.115. The molecular weight excluding hydrogens is 414 g/mol. The number of hydrogen-bond acceptors (Lipinski definition) is 6. The van der Waals surface area contributed by atoms with Crippen LogP contribution in [-0.4, -0.2) is 17.5 Å². The molecule has 2 heterocycles. The lowest BCUT2D eigenvalue weighted by Crippen LogP contribution is -2.14. The maximum absolute atomic E-state index is 12.8. The predicted molar refractivity (Wildman–Crippen MR) is 121 cm³/mol. The third kappa shape index (κ3) is 4.74. The Bertz CT molecular complexity index is 1180. The number of carbonyl (C=O) groups excluding carboxylic acids is 1. The van der Waals surface area contributed by atoms with Crippen molar-refractivity contribution in [1.29, 1.82) is 5.26 Å². The number of benzene rings is 2. The highest BCUT2D eigenvalue weighted by Crippen LogP contribution is 2.36. The minimum atomic E-state index is -0.131. The van der Waals surface area contributed by atoms with Crippen molar-refractivity contribution in [2.24, 2.45) is 0 Å². The normalized spacial score (nSPS) is 10.4. The Balaban J connectivity index is 1.56. The molecule has 0 unspecified atom stereocenters. The predicted octanol–water partition coefficient (Wildman–Crippen LogP) is 5.62. The van der Waals surface area contributed by atoms with Gasteiger partial charge in [-0.15, -0.1) is 22.7 Å². The van der Waals surface area contributed by atoms with Crippen LogP contribution < -0.4 is 10.1 Å². The van der Waals surface area contributed by atoms with Gasteiger partial charge in [0.25, 0.3) is 0 Å². The number of amides is 1. The first-order chi connectivity index (χ1) is 14.7. The largest absolute Gasteiger partial charge is 0.479 e. The van der Waals surface area contributed by atoms with Gasteiger partial charge in [0.05, 0.1) is 17.0 Å². The number of ether oxygens (including phenoxy) is 1. The summed E-state index contributed by atoms with van der Waals surface area (Å²) in [4.78, 5) is 19.5. The van der Waals surface area contributed by atoms with Gasteiger partial charge in [-0.2, -0.15) is 5.26 Å². The molecule has 148 valence electrons. The maximum Gasteiger partial charge on any atom is 0.229 e. The molecule has 0 saturated heterocycles. The van der Waals surface area contributed by atoms with Crippen molar-refractivity contribution in [2.45, 2.75) is 6.42 Å². The Hall–Kier alpha value is -3.47. The molecule has 5 nitrogen and oxygen atoms in total. The SMILES string of the molecule is N#CCOc1cccc(NC(=O)Cc2sc(-c3ccccc3)nc2-c2cccs2)c1. The van der Waals surface area contributed by atoms with Crippen LogP contribution in [0.3, 0.4) is 0 Å². The Morgan fingerprint density at radius 2 is 1.97 bits per heavy atom. The number of aromatic nitrogens is 1. The van der Waals surface area contributed by atoms with E-state index in [9.17, 15) is 4.79 Å². The molecule has 30 heavy (non-hydrogen) atoms. The second-order valence-corrected chi connectivity index (χ2v) is 8.37. The second kappa shape index (κ2) is 9.35. The average molecular weight is 432 g/mol. The molecule has 0 bridgehead atoms. The maximum atomic E-state index is 12.8. The van der Waals surface area contributed by atoms with Crippen LogP contribution >= 0.6 is 22.7 Å². The molecule has 0 atom stereocenters. The Kier molecular flexibility index (Phi) is 6.18. The van der Waals surface area contributed by atoms with Crippen LogP contribution in [0.5, 0.6) is 5.75 Å². The van der Waals surface area contributed by atoms with Gasteiger partial charge in [-0.1, -0.05) is 42.5 Å². The summed E-state index contributed by atoms with van der Waals surface area (Å²) in [5.74, 6) is 0.409. The van der Waals surface area contributed by atoms with Gasteiger partial charge < -0.3 is 10.1 Å². The number of carbonyl (C=O) groups is 1. The molecule has 4 aromatic rings. The molecule has 0 saturated carbocycles. The van der Waals surface area contributed by atoms with Crippen LogP contribution in [0.1, 0.15) is 4.88 Å². The van der Waals surface area contributed by atoms with Gasteiger partial charge in [0.2, 0.25) is 5.91 Å². The van der Waals surface area contributed by atoms with E-state index in [1.807, 2.05) is 53.9 Å². The van der Waals surface area contributed by atoms with Gasteiger partial charge >= 0.3 is 0 Å². The Labute approximate surface area is 182 Å². The lowest BCUT2D eigenvalue weighted by atomic mass is 10.2. The number of thiazole rings is 1. The van der Waals surface area contributed by atoms with E-state index in [1.54, 1.807) is 35.6 Å². The minimum absolute atomic E-state index is 0.0370. The van der Waals surface area contributed by atoms with Crippen LogP contribution in [0.2, 0.25) is 0 Å². The van der Waals surface area contributed by atoms with Crippen LogP contribution in [0.15, 0.2) is 72.1 Å². The van der Waals surface area contributed by atoms with Crippen molar-refractivity contribution >= 4 is 34.3 Å². The summed E-state index contributed by atoms with van der Waals surface area (Å²) in [6, 6.07) is 22.9. The van der Waals surface area contributed by atoms with Gasteiger partial charge in [0.15, 0.2) is 6.61 Å². The van der Waals surface area contributed by atoms with E-state index in [-0.39, 0.29) is 18.9 Å². The van der Waals surface area contributed by atoms with Crippen LogP contribution in [0, 0.1) is 11.3 Å². The molecule has 0 radical (unpaired) electrons. The van der Waals surface area contributed by atoms with Gasteiger partial charge in [0.1, 0.15) is 16.8 Å². The summed E-state index contributed by atoms with van der Waals surface area (Å²) in [6.07, 6.45) is 0.223. The van der Waals surface area contributed by atoms with Crippen molar-refractivity contribution < 1.29 is 9.53 Å². The van der Waals surface area contributed by atoms with Gasteiger partial charge in [-0.05, 0) is 23.6 Å². The zero-order valence-electron chi connectivity index (χ0n) is 15.9. The highest BCUT2D eigenvalue weighted by molar-refractivity contribution is 7.17. The van der Waals surface area contributed by atoms with E-state index in [1.165, 1.54) is 11.3 Å². The van der Waals surface area contributed by atoms with Crippen LogP contribution in [-0.2, 0) is 11.2 Å². The summed E-state index contributed by atoms with van der Waals surface area (Å²) in [5.41, 5.74) is 2.52. The first-order valence-electron chi connectivity index (χ1n) is 9.21. The standard InChI is InChI=1S/C23H17N3O2S2/c24-11-12-28-18-9-4-8-17(14-18)25-21(27)15-20-22(19-10-5-13-29-19)26-23(30-20)16-6-2-1-3-7-16/h1-10,13-14H,12,15H2,(H,25,27). The molecule has 0 aliphatic rings. The quantitative estimate of drug-likeness (QED) is 0.412. The average Bonchev–Trinajstić information content (AvgIpc) is 3.43. The number of nitriles is 1. The van der Waals surface area contributed by atoms with Crippen molar-refractivity contribution in [1.82, 2.24) is 4.98 Å². The summed E-state index contributed by atoms with van der Waals surface area (Å²) >= 11 is 3.15. The molecule has 2 aromatic heterocycles. The number of hydrogen-bond donors (Lipinski definition) is 1. The van der Waals surface area contributed by atoms with E-state index in [0.29, 0.717) is 11.4 Å². The highest BCUT2D eigenvalue weighted by Gasteiger charge is 2.18. The monoisotopic (exact) mass is 431 g/mol. The first kappa shape index (κ1) is 19.8. The van der Waals surface area contributed by atoms with Crippen molar-refractivity contribution in [2.75, 3.05) is 11.9 Å². The third-order valence-electron chi connectivity index (χ3n) is 4.21. The number of nitrogens with zero attached hydrogens (tertiary/aromatic N) is 2. The second-order valence-electron chi connectivity index (χ2n) is 6.33. The molecule has 2 aromatic carbocycles. The topological polar surface area (TPSA) is 75.0 Å². The number of rotatable bonds is 7. The molecule has 0 aliphatic heterocycles. The molecule has 4 rings (SSSR count). The molecule has 0 fully saturated rings. The van der Waals surface area contributed by atoms with Crippen molar-refractivity contribution in [3.8, 4) is 33.0 Å². The zero-order chi connectivity index (χ0) is 20.8. The number of anilines is 1. The zero-order valence-corrected chi connectivity index (χ0v) is 17.5. The molecular formula is C23H17N3O2S2. The van der Waals surface area contributed by atoms with Crippen molar-refractivity contribution in [3.05, 3.63) is 77.0 Å². The van der Waals surface area contributed by atoms with E-state index in [0.717, 1.165) is 26.0 Å². The van der Waals surface area contributed by atoms with Gasteiger partial charge in [-0.3, -0.25) is 4.79 Å². The van der Waals surface area contributed by atoms with E-state index >= 15 is 0 Å². The molecule has 1 amide bonds. The van der Waals surface area contributed by atoms with E-state index in [4.69, 9.17) is 15.0 Å². The molecule has 1 N–H and O–H groups in total. The fourth-order valence-electron chi connectivity index (χ4n) is 2.91. The fraction of sp³-hybridized carbons (Fsp3) is 0.0870. The van der Waals surface area contributed by atoms with E-state index < -0.39 is 0 Å². The smallest absolute Gasteiger partial charge is 0.229 e. The third-order valence-corrected chi connectivity index (χ3v) is 6.20. The highest BCUT2D eigenvalue weighted by atomic mass is 32.1. The number of nitrogens with one attached hydrogen (secondary N) is 1. The van der Waals surface area contributed by atoms with Crippen LogP contribution in [0.4, 0.5) is 5.69 Å². The lowest BCUT2D eigenvalue weighted by Gasteiger charge is -2.07. The Morgan fingerprint density at radius 3 is 2.73 bits per heavy atom. The van der Waals surface area contributed by atoms with Gasteiger partial charge in [0, 0.05) is 22.2 Å². The molecule has 7 heteroatoms. The Morgan fingerprint density at radius 1 is 1.10 bits per heavy atom. The molecule has 0 aliphatic carbocycles. The summed E-state index contributed by atoms with van der Waals surface area (Å²) in [5, 5.41) is 14.5. The first-order valence-corrected chi connectivity index (χ1v) is 10.9.